The van der Waals surface area contributed by atoms with E-state index >= 15 is 0 Å². The zero-order chi connectivity index (χ0) is 9.84. The minimum absolute atomic E-state index is 0.0593. The van der Waals surface area contributed by atoms with E-state index in [4.69, 9.17) is 5.21 Å². The van der Waals surface area contributed by atoms with Gasteiger partial charge in [-0.15, -0.1) is 0 Å². The van der Waals surface area contributed by atoms with Gasteiger partial charge in [0.05, 0.1) is 11.5 Å². The van der Waals surface area contributed by atoms with Crippen molar-refractivity contribution in [2.24, 2.45) is 0 Å². The van der Waals surface area contributed by atoms with Crippen LogP contribution in [-0.2, 0) is 6.54 Å². The molecule has 0 aliphatic rings. The second kappa shape index (κ2) is 3.97. The summed E-state index contributed by atoms with van der Waals surface area (Å²) in [5, 5.41) is 19.1. The highest BCUT2D eigenvalue weighted by Crippen LogP contribution is 2.22. The van der Waals surface area contributed by atoms with Crippen molar-refractivity contribution in [2.45, 2.75) is 13.5 Å². The Kier molecular flexibility index (Phi) is 2.94. The molecule has 1 aromatic carbocycles. The molecule has 0 unspecified atom stereocenters. The molecular formula is C8H10N2O3. The van der Waals surface area contributed by atoms with Crippen LogP contribution in [0.15, 0.2) is 18.2 Å². The maximum atomic E-state index is 10.6. The number of nitro groups is 1. The molecule has 13 heavy (non-hydrogen) atoms. The Morgan fingerprint density at radius 2 is 2.31 bits per heavy atom. The number of hydrogen-bond donors (Lipinski definition) is 2. The number of rotatable bonds is 3. The number of hydroxylamine groups is 1. The summed E-state index contributed by atoms with van der Waals surface area (Å²) in [5.74, 6) is 0. The SMILES string of the molecule is Cc1cccc(CNO)c1[N+](=O)[O-]. The molecule has 1 aromatic rings. The maximum absolute atomic E-state index is 10.6. The molecule has 0 saturated heterocycles. The minimum Gasteiger partial charge on any atom is -0.316 e. The van der Waals surface area contributed by atoms with Crippen LogP contribution >= 0.6 is 0 Å². The Labute approximate surface area is 75.1 Å². The number of para-hydroxylation sites is 1. The Morgan fingerprint density at radius 1 is 1.62 bits per heavy atom. The maximum Gasteiger partial charge on any atom is 0.276 e. The van der Waals surface area contributed by atoms with Crippen LogP contribution < -0.4 is 5.48 Å². The van der Waals surface area contributed by atoms with Crippen LogP contribution in [0.3, 0.4) is 0 Å². The summed E-state index contributed by atoms with van der Waals surface area (Å²) in [4.78, 5) is 10.2. The molecule has 0 saturated carbocycles. The lowest BCUT2D eigenvalue weighted by molar-refractivity contribution is -0.386. The highest BCUT2D eigenvalue weighted by atomic mass is 16.6. The van der Waals surface area contributed by atoms with Crippen molar-refractivity contribution in [3.05, 3.63) is 39.4 Å². The molecule has 0 aliphatic carbocycles. The van der Waals surface area contributed by atoms with Gasteiger partial charge in [-0.1, -0.05) is 18.2 Å². The molecule has 2 N–H and O–H groups in total. The van der Waals surface area contributed by atoms with Crippen molar-refractivity contribution in [2.75, 3.05) is 0 Å². The number of aryl methyl sites for hydroxylation is 1. The standard InChI is InChI=1S/C8H10N2O3/c1-6-3-2-4-7(5-9-11)8(6)10(12)13/h2-4,9,11H,5H2,1H3. The molecule has 0 spiro atoms. The van der Waals surface area contributed by atoms with Gasteiger partial charge in [-0.25, -0.2) is 5.48 Å². The van der Waals surface area contributed by atoms with Crippen molar-refractivity contribution in [3.8, 4) is 0 Å². The van der Waals surface area contributed by atoms with Crippen LogP contribution in [0.4, 0.5) is 5.69 Å². The van der Waals surface area contributed by atoms with Crippen LogP contribution in [0.1, 0.15) is 11.1 Å². The third-order valence-corrected chi connectivity index (χ3v) is 1.77. The average molecular weight is 182 g/mol. The summed E-state index contributed by atoms with van der Waals surface area (Å²) >= 11 is 0. The molecule has 5 heteroatoms. The molecule has 0 atom stereocenters. The van der Waals surface area contributed by atoms with E-state index in [-0.39, 0.29) is 12.2 Å². The van der Waals surface area contributed by atoms with E-state index < -0.39 is 4.92 Å². The van der Waals surface area contributed by atoms with Crippen LogP contribution in [0.2, 0.25) is 0 Å². The predicted octanol–water partition coefficient (Wildman–Crippen LogP) is 1.38. The third-order valence-electron chi connectivity index (χ3n) is 1.77. The lowest BCUT2D eigenvalue weighted by atomic mass is 10.1. The first-order valence-corrected chi connectivity index (χ1v) is 3.76. The second-order valence-corrected chi connectivity index (χ2v) is 2.67. The largest absolute Gasteiger partial charge is 0.316 e. The molecule has 0 fully saturated rings. The smallest absolute Gasteiger partial charge is 0.276 e. The van der Waals surface area contributed by atoms with Gasteiger partial charge in [-0.2, -0.15) is 0 Å². The van der Waals surface area contributed by atoms with Gasteiger partial charge in [0.25, 0.3) is 5.69 Å². The Balaban J connectivity index is 3.17. The fraction of sp³-hybridized carbons (Fsp3) is 0.250. The summed E-state index contributed by atoms with van der Waals surface area (Å²) < 4.78 is 0. The van der Waals surface area contributed by atoms with Gasteiger partial charge in [-0.3, -0.25) is 10.1 Å². The number of nitrogens with one attached hydrogen (secondary N) is 1. The predicted molar refractivity (Wildman–Crippen MR) is 46.5 cm³/mol. The number of benzene rings is 1. The van der Waals surface area contributed by atoms with Gasteiger partial charge in [-0.05, 0) is 6.92 Å². The van der Waals surface area contributed by atoms with Gasteiger partial charge >= 0.3 is 0 Å². The Bertz CT molecular complexity index is 325. The van der Waals surface area contributed by atoms with E-state index in [2.05, 4.69) is 0 Å². The average Bonchev–Trinajstić information content (AvgIpc) is 2.04. The highest BCUT2D eigenvalue weighted by Gasteiger charge is 2.15. The van der Waals surface area contributed by atoms with Gasteiger partial charge < -0.3 is 5.21 Å². The van der Waals surface area contributed by atoms with E-state index in [0.717, 1.165) is 0 Å². The first-order valence-electron chi connectivity index (χ1n) is 3.76. The first kappa shape index (κ1) is 9.63. The molecule has 0 amide bonds. The molecule has 0 bridgehead atoms. The van der Waals surface area contributed by atoms with Crippen LogP contribution in [0.25, 0.3) is 0 Å². The summed E-state index contributed by atoms with van der Waals surface area (Å²) in [6, 6.07) is 4.99. The van der Waals surface area contributed by atoms with E-state index in [0.29, 0.717) is 11.1 Å². The van der Waals surface area contributed by atoms with Gasteiger partial charge in [0, 0.05) is 11.1 Å². The monoisotopic (exact) mass is 182 g/mol. The molecule has 0 radical (unpaired) electrons. The van der Waals surface area contributed by atoms with Crippen molar-refractivity contribution >= 4 is 5.69 Å². The highest BCUT2D eigenvalue weighted by molar-refractivity contribution is 5.46. The fourth-order valence-corrected chi connectivity index (χ4v) is 1.21. The van der Waals surface area contributed by atoms with Crippen molar-refractivity contribution in [1.29, 1.82) is 0 Å². The van der Waals surface area contributed by atoms with Crippen LogP contribution in [-0.4, -0.2) is 10.1 Å². The van der Waals surface area contributed by atoms with Crippen molar-refractivity contribution < 1.29 is 10.1 Å². The van der Waals surface area contributed by atoms with E-state index in [1.807, 2.05) is 5.48 Å². The summed E-state index contributed by atoms with van der Waals surface area (Å²) in [5.41, 5.74) is 3.04. The summed E-state index contributed by atoms with van der Waals surface area (Å²) in [7, 11) is 0. The first-order chi connectivity index (χ1) is 6.16. The van der Waals surface area contributed by atoms with E-state index in [9.17, 15) is 10.1 Å². The quantitative estimate of drug-likeness (QED) is 0.547. The van der Waals surface area contributed by atoms with Gasteiger partial charge in [0.1, 0.15) is 0 Å². The van der Waals surface area contributed by atoms with Crippen molar-refractivity contribution in [3.63, 3.8) is 0 Å². The van der Waals surface area contributed by atoms with Gasteiger partial charge in [0.2, 0.25) is 0 Å². The van der Waals surface area contributed by atoms with Crippen molar-refractivity contribution in [1.82, 2.24) is 5.48 Å². The molecule has 0 aromatic heterocycles. The van der Waals surface area contributed by atoms with E-state index in [1.165, 1.54) is 0 Å². The zero-order valence-electron chi connectivity index (χ0n) is 7.15. The van der Waals surface area contributed by atoms with Crippen LogP contribution in [0.5, 0.6) is 0 Å². The third kappa shape index (κ3) is 2.01. The second-order valence-electron chi connectivity index (χ2n) is 2.67. The lowest BCUT2D eigenvalue weighted by Gasteiger charge is -2.03. The summed E-state index contributed by atoms with van der Waals surface area (Å²) in [6.45, 7) is 1.75. The topological polar surface area (TPSA) is 75.4 Å². The lowest BCUT2D eigenvalue weighted by Crippen LogP contribution is -2.09. The zero-order valence-corrected chi connectivity index (χ0v) is 7.15. The Hall–Kier alpha value is -1.46. The fourth-order valence-electron chi connectivity index (χ4n) is 1.21. The van der Waals surface area contributed by atoms with Gasteiger partial charge in [0.15, 0.2) is 0 Å². The Morgan fingerprint density at radius 3 is 2.85 bits per heavy atom. The molecule has 70 valence electrons. The molecule has 0 aliphatic heterocycles. The molecule has 0 heterocycles. The van der Waals surface area contributed by atoms with E-state index in [1.54, 1.807) is 25.1 Å². The molecular weight excluding hydrogens is 172 g/mol. The number of hydrogen-bond acceptors (Lipinski definition) is 4. The van der Waals surface area contributed by atoms with Crippen LogP contribution in [0, 0.1) is 17.0 Å². The minimum atomic E-state index is -0.442. The summed E-state index contributed by atoms with van der Waals surface area (Å²) in [6.07, 6.45) is 0. The normalized spacial score (nSPS) is 10.0. The molecule has 1 rings (SSSR count). The number of nitrogens with zero attached hydrogens (tertiary/aromatic N) is 1. The molecule has 5 nitrogen and oxygen atoms in total. The number of nitro benzene ring substituents is 1.